The number of aromatic nitrogens is 1. The van der Waals surface area contributed by atoms with Gasteiger partial charge in [0.15, 0.2) is 28.8 Å². The molecule has 0 fully saturated rings. The molecule has 1 aliphatic rings. The number of ether oxygens (including phenoxy) is 4. The van der Waals surface area contributed by atoms with Crippen molar-refractivity contribution < 1.29 is 23.7 Å². The van der Waals surface area contributed by atoms with Gasteiger partial charge in [-0.05, 0) is 30.3 Å². The highest BCUT2D eigenvalue weighted by Gasteiger charge is 2.18. The van der Waals surface area contributed by atoms with Crippen LogP contribution in [0.4, 0.5) is 0 Å². The van der Waals surface area contributed by atoms with E-state index in [1.54, 1.807) is 36.4 Å². The molecule has 2 aromatic carbocycles. The van der Waals surface area contributed by atoms with E-state index in [4.69, 9.17) is 18.9 Å². The third-order valence-corrected chi connectivity index (χ3v) is 5.43. The zero-order chi connectivity index (χ0) is 20.4. The Morgan fingerprint density at radius 1 is 1.14 bits per heavy atom. The summed E-state index contributed by atoms with van der Waals surface area (Å²) in [6.45, 7) is 0.165. The molecular weight excluding hydrogens is 392 g/mol. The Hall–Kier alpha value is -3.44. The summed E-state index contributed by atoms with van der Waals surface area (Å²) in [5.41, 5.74) is 1.58. The van der Waals surface area contributed by atoms with Gasteiger partial charge < -0.3 is 18.9 Å². The highest BCUT2D eigenvalue weighted by molar-refractivity contribution is 8.00. The summed E-state index contributed by atoms with van der Waals surface area (Å²) in [5, 5.41) is 10.8. The number of thioether (sulfide) groups is 1. The van der Waals surface area contributed by atoms with Crippen LogP contribution in [0, 0.1) is 11.3 Å². The number of Topliss-reactive ketones (excluding diaryl/α,β-unsaturated/α-hetero) is 1. The molecule has 7 nitrogen and oxygen atoms in total. The molecule has 0 saturated carbocycles. The van der Waals surface area contributed by atoms with Crippen LogP contribution in [0.2, 0.25) is 0 Å². The quantitative estimate of drug-likeness (QED) is 0.449. The molecule has 146 valence electrons. The van der Waals surface area contributed by atoms with Gasteiger partial charge in [0.1, 0.15) is 11.1 Å². The van der Waals surface area contributed by atoms with Gasteiger partial charge in [-0.15, -0.1) is 0 Å². The van der Waals surface area contributed by atoms with Gasteiger partial charge in [-0.2, -0.15) is 5.26 Å². The lowest BCUT2D eigenvalue weighted by atomic mass is 10.1. The standard InChI is InChI=1S/C21H16N2O5S/c1-25-17-4-3-12(6-18(17)26-2)16(24)10-29-21-14(9-22)5-13-7-19-20(28-11-27-19)8-15(13)23-21/h3-8H,10-11H2,1-2H3. The summed E-state index contributed by atoms with van der Waals surface area (Å²) in [5.74, 6) is 2.32. The summed E-state index contributed by atoms with van der Waals surface area (Å²) in [6, 6.07) is 12.5. The van der Waals surface area contributed by atoms with Crippen LogP contribution >= 0.6 is 11.8 Å². The number of hydrogen-bond acceptors (Lipinski definition) is 8. The molecule has 2 heterocycles. The van der Waals surface area contributed by atoms with Crippen LogP contribution in [0.3, 0.4) is 0 Å². The number of nitriles is 1. The smallest absolute Gasteiger partial charge is 0.231 e. The van der Waals surface area contributed by atoms with Crippen molar-refractivity contribution in [1.29, 1.82) is 5.26 Å². The molecule has 1 aromatic heterocycles. The van der Waals surface area contributed by atoms with Crippen molar-refractivity contribution in [2.45, 2.75) is 5.03 Å². The molecule has 0 unspecified atom stereocenters. The number of rotatable bonds is 6. The van der Waals surface area contributed by atoms with Crippen LogP contribution in [-0.4, -0.2) is 37.5 Å². The second kappa shape index (κ2) is 7.89. The number of benzene rings is 2. The average molecular weight is 408 g/mol. The van der Waals surface area contributed by atoms with E-state index in [0.29, 0.717) is 44.7 Å². The number of ketones is 1. The Kier molecular flexibility index (Phi) is 5.14. The normalized spacial score (nSPS) is 11.9. The van der Waals surface area contributed by atoms with Crippen molar-refractivity contribution in [1.82, 2.24) is 4.98 Å². The van der Waals surface area contributed by atoms with Gasteiger partial charge in [-0.25, -0.2) is 4.98 Å². The zero-order valence-corrected chi connectivity index (χ0v) is 16.5. The van der Waals surface area contributed by atoms with E-state index in [9.17, 15) is 10.1 Å². The molecule has 1 aliphatic heterocycles. The number of carbonyl (C=O) groups excluding carboxylic acids is 1. The minimum absolute atomic E-state index is 0.104. The van der Waals surface area contributed by atoms with Crippen LogP contribution in [0.1, 0.15) is 15.9 Å². The third kappa shape index (κ3) is 3.65. The van der Waals surface area contributed by atoms with E-state index in [-0.39, 0.29) is 18.3 Å². The fourth-order valence-electron chi connectivity index (χ4n) is 2.96. The lowest BCUT2D eigenvalue weighted by Gasteiger charge is -2.09. The third-order valence-electron chi connectivity index (χ3n) is 4.44. The number of nitrogens with zero attached hydrogens (tertiary/aromatic N) is 2. The first-order chi connectivity index (χ1) is 14.1. The molecule has 0 aliphatic carbocycles. The maximum absolute atomic E-state index is 12.6. The Bertz CT molecular complexity index is 1160. The summed E-state index contributed by atoms with van der Waals surface area (Å²) < 4.78 is 21.2. The Morgan fingerprint density at radius 3 is 2.62 bits per heavy atom. The molecular formula is C21H16N2O5S. The van der Waals surface area contributed by atoms with E-state index in [0.717, 1.165) is 5.39 Å². The van der Waals surface area contributed by atoms with E-state index < -0.39 is 0 Å². The Morgan fingerprint density at radius 2 is 1.90 bits per heavy atom. The molecule has 4 rings (SSSR count). The molecule has 0 atom stereocenters. The second-order valence-electron chi connectivity index (χ2n) is 6.13. The predicted molar refractivity (Wildman–Crippen MR) is 107 cm³/mol. The molecule has 29 heavy (non-hydrogen) atoms. The summed E-state index contributed by atoms with van der Waals surface area (Å²) in [6.07, 6.45) is 0. The van der Waals surface area contributed by atoms with E-state index in [1.165, 1.54) is 26.0 Å². The van der Waals surface area contributed by atoms with Crippen molar-refractivity contribution >= 4 is 28.4 Å². The van der Waals surface area contributed by atoms with Crippen LogP contribution in [0.5, 0.6) is 23.0 Å². The van der Waals surface area contributed by atoms with Gasteiger partial charge in [0.05, 0.1) is 31.1 Å². The number of carbonyl (C=O) groups is 1. The number of methoxy groups -OCH3 is 2. The van der Waals surface area contributed by atoms with Gasteiger partial charge in [0.2, 0.25) is 6.79 Å². The van der Waals surface area contributed by atoms with Gasteiger partial charge in [0, 0.05) is 17.0 Å². The van der Waals surface area contributed by atoms with Gasteiger partial charge in [-0.1, -0.05) is 11.8 Å². The van der Waals surface area contributed by atoms with Crippen molar-refractivity contribution in [3.8, 4) is 29.1 Å². The minimum Gasteiger partial charge on any atom is -0.493 e. The van der Waals surface area contributed by atoms with E-state index in [1.807, 2.05) is 0 Å². The van der Waals surface area contributed by atoms with Crippen molar-refractivity contribution in [3.63, 3.8) is 0 Å². The number of pyridine rings is 1. The molecule has 8 heteroatoms. The largest absolute Gasteiger partial charge is 0.493 e. The number of fused-ring (bicyclic) bond motifs is 2. The average Bonchev–Trinajstić information content (AvgIpc) is 3.21. The molecule has 0 bridgehead atoms. The zero-order valence-electron chi connectivity index (χ0n) is 15.7. The fourth-order valence-corrected chi connectivity index (χ4v) is 3.82. The minimum atomic E-state index is -0.104. The van der Waals surface area contributed by atoms with Crippen LogP contribution in [-0.2, 0) is 0 Å². The van der Waals surface area contributed by atoms with E-state index >= 15 is 0 Å². The van der Waals surface area contributed by atoms with Crippen LogP contribution in [0.25, 0.3) is 10.9 Å². The molecule has 0 radical (unpaired) electrons. The highest BCUT2D eigenvalue weighted by Crippen LogP contribution is 2.37. The molecule has 0 saturated heterocycles. The SMILES string of the molecule is COc1ccc(C(=O)CSc2nc3cc4c(cc3cc2C#N)OCO4)cc1OC. The Balaban J connectivity index is 1.58. The summed E-state index contributed by atoms with van der Waals surface area (Å²) in [4.78, 5) is 17.2. The molecule has 0 amide bonds. The van der Waals surface area contributed by atoms with Crippen LogP contribution in [0.15, 0.2) is 41.4 Å². The first-order valence-electron chi connectivity index (χ1n) is 8.65. The van der Waals surface area contributed by atoms with E-state index in [2.05, 4.69) is 11.1 Å². The van der Waals surface area contributed by atoms with Crippen LogP contribution < -0.4 is 18.9 Å². The molecule has 0 spiro atoms. The van der Waals surface area contributed by atoms with Crippen molar-refractivity contribution in [2.24, 2.45) is 0 Å². The van der Waals surface area contributed by atoms with Gasteiger partial charge in [0.25, 0.3) is 0 Å². The Labute approximate surface area is 171 Å². The monoisotopic (exact) mass is 408 g/mol. The maximum atomic E-state index is 12.6. The first-order valence-corrected chi connectivity index (χ1v) is 9.64. The van der Waals surface area contributed by atoms with Crippen molar-refractivity contribution in [3.05, 3.63) is 47.5 Å². The van der Waals surface area contributed by atoms with Gasteiger partial charge in [-0.3, -0.25) is 4.79 Å². The van der Waals surface area contributed by atoms with Gasteiger partial charge >= 0.3 is 0 Å². The summed E-state index contributed by atoms with van der Waals surface area (Å²) in [7, 11) is 3.06. The van der Waals surface area contributed by atoms with Crippen molar-refractivity contribution in [2.75, 3.05) is 26.8 Å². The fraction of sp³-hybridized carbons (Fsp3) is 0.190. The first kappa shape index (κ1) is 18.9. The maximum Gasteiger partial charge on any atom is 0.231 e. The highest BCUT2D eigenvalue weighted by atomic mass is 32.2. The predicted octanol–water partition coefficient (Wildman–Crippen LogP) is 3.83. The molecule has 3 aromatic rings. The lowest BCUT2D eigenvalue weighted by Crippen LogP contribution is -2.04. The second-order valence-corrected chi connectivity index (χ2v) is 7.10. The lowest BCUT2D eigenvalue weighted by molar-refractivity contribution is 0.102. The topological polar surface area (TPSA) is 90.7 Å². The molecule has 0 N–H and O–H groups in total. The number of hydrogen-bond donors (Lipinski definition) is 0. The summed E-state index contributed by atoms with van der Waals surface area (Å²) >= 11 is 1.22.